The van der Waals surface area contributed by atoms with Crippen molar-refractivity contribution in [1.29, 1.82) is 0 Å². The van der Waals surface area contributed by atoms with E-state index >= 15 is 0 Å². The van der Waals surface area contributed by atoms with E-state index in [4.69, 9.17) is 0 Å². The second-order valence-corrected chi connectivity index (χ2v) is 7.70. The first kappa shape index (κ1) is 15.9. The van der Waals surface area contributed by atoms with Gasteiger partial charge < -0.3 is 0 Å². The predicted octanol–water partition coefficient (Wildman–Crippen LogP) is 2.47. The van der Waals surface area contributed by atoms with Gasteiger partial charge in [-0.3, -0.25) is 0 Å². The number of phenols is 2. The van der Waals surface area contributed by atoms with E-state index in [0.29, 0.717) is 11.0 Å². The van der Waals surface area contributed by atoms with Crippen molar-refractivity contribution in [1.82, 2.24) is 9.97 Å². The van der Waals surface area contributed by atoms with Crippen molar-refractivity contribution in [3.05, 3.63) is 59.9 Å². The molecule has 120 valence electrons. The summed E-state index contributed by atoms with van der Waals surface area (Å²) in [5, 5.41) is 21.8. The standard InChI is InChI=1S/2C10H8NO.Al/c2*1-7-5-6-8-3-2-4-9(12)10(8)11-7;/h2*2-4,6,12H,1H3;/q;;+1. The van der Waals surface area contributed by atoms with Crippen LogP contribution in [0.4, 0.5) is 0 Å². The number of para-hydroxylation sites is 2. The molecule has 0 saturated heterocycles. The third-order valence-corrected chi connectivity index (χ3v) is 6.21. The van der Waals surface area contributed by atoms with E-state index in [9.17, 15) is 10.2 Å². The molecule has 4 nitrogen and oxygen atoms in total. The molecule has 25 heavy (non-hydrogen) atoms. The van der Waals surface area contributed by atoms with Gasteiger partial charge in [-0.2, -0.15) is 0 Å². The van der Waals surface area contributed by atoms with Gasteiger partial charge in [-0.25, -0.2) is 0 Å². The van der Waals surface area contributed by atoms with Crippen LogP contribution in [0.2, 0.25) is 0 Å². The fraction of sp³-hybridized carbons (Fsp3) is 0.100. The van der Waals surface area contributed by atoms with E-state index in [1.54, 1.807) is 12.1 Å². The minimum atomic E-state index is -0.187. The zero-order valence-electron chi connectivity index (χ0n) is 14.0. The molecule has 0 aliphatic heterocycles. The Balaban J connectivity index is 1.82. The molecule has 0 spiro atoms. The van der Waals surface area contributed by atoms with Gasteiger partial charge in [0.1, 0.15) is 0 Å². The molecule has 0 bridgehead atoms. The molecule has 0 aliphatic carbocycles. The van der Waals surface area contributed by atoms with Crippen molar-refractivity contribution < 1.29 is 10.2 Å². The number of hydrogen-bond acceptors (Lipinski definition) is 4. The van der Waals surface area contributed by atoms with Crippen molar-refractivity contribution in [2.75, 3.05) is 0 Å². The Labute approximate surface area is 151 Å². The summed E-state index contributed by atoms with van der Waals surface area (Å²) in [7, 11) is 0. The van der Waals surface area contributed by atoms with Gasteiger partial charge >= 0.3 is 151 Å². The monoisotopic (exact) mass is 343 g/mol. The number of benzene rings is 2. The van der Waals surface area contributed by atoms with Crippen LogP contribution < -0.4 is 8.85 Å². The first-order valence-electron chi connectivity index (χ1n) is 8.06. The van der Waals surface area contributed by atoms with Gasteiger partial charge in [-0.05, 0) is 0 Å². The Bertz CT molecular complexity index is 1040. The topological polar surface area (TPSA) is 66.2 Å². The first-order chi connectivity index (χ1) is 12.0. The maximum absolute atomic E-state index is 9.98. The number of pyridine rings is 2. The number of rotatable bonds is 2. The number of phenolic OH excluding ortho intramolecular Hbond substituents is 2. The van der Waals surface area contributed by atoms with E-state index in [1.165, 1.54) is 8.85 Å². The molecule has 0 radical (unpaired) electrons. The molecule has 4 rings (SSSR count). The fourth-order valence-electron chi connectivity index (χ4n) is 3.04. The van der Waals surface area contributed by atoms with Gasteiger partial charge in [0.25, 0.3) is 0 Å². The van der Waals surface area contributed by atoms with E-state index in [0.717, 1.165) is 22.2 Å². The van der Waals surface area contributed by atoms with Crippen LogP contribution in [0.15, 0.2) is 48.5 Å². The predicted molar refractivity (Wildman–Crippen MR) is 101 cm³/mol. The Morgan fingerprint density at radius 3 is 1.60 bits per heavy atom. The van der Waals surface area contributed by atoms with E-state index in [1.807, 2.05) is 38.1 Å². The SMILES string of the molecule is Cc1nc2c(O)cccc2c[c]1[Al+][c]1cc2cccc(O)c2nc1C. The van der Waals surface area contributed by atoms with Gasteiger partial charge in [0.05, 0.1) is 0 Å². The summed E-state index contributed by atoms with van der Waals surface area (Å²) in [5.41, 5.74) is 3.14. The van der Waals surface area contributed by atoms with Crippen molar-refractivity contribution in [3.8, 4) is 11.5 Å². The average Bonchev–Trinajstić information content (AvgIpc) is 2.58. The van der Waals surface area contributed by atoms with E-state index in [2.05, 4.69) is 22.1 Å². The first-order valence-corrected chi connectivity index (χ1v) is 9.22. The molecular weight excluding hydrogens is 327 g/mol. The number of fused-ring (bicyclic) bond motifs is 2. The van der Waals surface area contributed by atoms with E-state index < -0.39 is 0 Å². The molecule has 0 atom stereocenters. The Morgan fingerprint density at radius 2 is 1.16 bits per heavy atom. The summed E-state index contributed by atoms with van der Waals surface area (Å²) in [6.07, 6.45) is 0. The quantitative estimate of drug-likeness (QED) is 0.549. The summed E-state index contributed by atoms with van der Waals surface area (Å²) in [4.78, 5) is 9.18. The number of nitrogens with zero attached hydrogens (tertiary/aromatic N) is 2. The second kappa shape index (κ2) is 6.04. The molecule has 0 unspecified atom stereocenters. The van der Waals surface area contributed by atoms with Crippen molar-refractivity contribution in [2.45, 2.75) is 13.8 Å². The summed E-state index contributed by atoms with van der Waals surface area (Å²) in [5.74, 6) is 0.419. The second-order valence-electron chi connectivity index (χ2n) is 6.17. The van der Waals surface area contributed by atoms with Crippen molar-refractivity contribution in [2.24, 2.45) is 0 Å². The molecule has 0 fully saturated rings. The van der Waals surface area contributed by atoms with Crippen LogP contribution in [0.25, 0.3) is 21.8 Å². The Morgan fingerprint density at radius 1 is 0.720 bits per heavy atom. The van der Waals surface area contributed by atoms with Crippen LogP contribution in [0.3, 0.4) is 0 Å². The number of aromatic hydroxyl groups is 2. The summed E-state index contributed by atoms with van der Waals surface area (Å²) in [6.45, 7) is 3.95. The summed E-state index contributed by atoms with van der Waals surface area (Å²) < 4.78 is 2.37. The zero-order chi connectivity index (χ0) is 17.6. The van der Waals surface area contributed by atoms with Gasteiger partial charge in [0, 0.05) is 0 Å². The summed E-state index contributed by atoms with van der Waals surface area (Å²) >= 11 is -0.187. The zero-order valence-corrected chi connectivity index (χ0v) is 15.1. The van der Waals surface area contributed by atoms with Crippen molar-refractivity contribution in [3.63, 3.8) is 0 Å². The normalized spacial score (nSPS) is 11.0. The van der Waals surface area contributed by atoms with Gasteiger partial charge in [-0.15, -0.1) is 0 Å². The molecule has 0 amide bonds. The molecule has 0 saturated carbocycles. The third kappa shape index (κ3) is 2.82. The van der Waals surface area contributed by atoms with Crippen LogP contribution in [-0.2, 0) is 0 Å². The number of aryl methyl sites for hydroxylation is 2. The van der Waals surface area contributed by atoms with Crippen LogP contribution in [0.5, 0.6) is 11.5 Å². The minimum absolute atomic E-state index is 0.187. The Kier molecular flexibility index (Phi) is 3.84. The Hall–Kier alpha value is -2.61. The van der Waals surface area contributed by atoms with Crippen LogP contribution >= 0.6 is 0 Å². The van der Waals surface area contributed by atoms with Gasteiger partial charge in [-0.1, -0.05) is 0 Å². The number of hydrogen-bond donors (Lipinski definition) is 2. The van der Waals surface area contributed by atoms with Crippen molar-refractivity contribution >= 4 is 45.9 Å². The van der Waals surface area contributed by atoms with Crippen LogP contribution in [0.1, 0.15) is 11.4 Å². The average molecular weight is 343 g/mol. The molecule has 2 aromatic carbocycles. The van der Waals surface area contributed by atoms with Crippen LogP contribution in [0, 0.1) is 13.8 Å². The van der Waals surface area contributed by atoms with E-state index in [-0.39, 0.29) is 26.7 Å². The molecular formula is C20H16AlN2O2+. The molecule has 0 aliphatic rings. The maximum atomic E-state index is 9.98. The number of aromatic nitrogens is 2. The molecule has 5 heteroatoms. The fourth-order valence-corrected chi connectivity index (χ4v) is 4.45. The summed E-state index contributed by atoms with van der Waals surface area (Å²) in [6, 6.07) is 15.1. The molecule has 2 aromatic heterocycles. The van der Waals surface area contributed by atoms with Gasteiger partial charge in [0.15, 0.2) is 0 Å². The molecule has 4 aromatic rings. The van der Waals surface area contributed by atoms with Gasteiger partial charge in [0.2, 0.25) is 0 Å². The molecule has 2 N–H and O–H groups in total. The third-order valence-electron chi connectivity index (χ3n) is 4.42. The molecule has 2 heterocycles. The van der Waals surface area contributed by atoms with Crippen LogP contribution in [-0.4, -0.2) is 35.4 Å².